The van der Waals surface area contributed by atoms with Crippen LogP contribution in [0.1, 0.15) is 0 Å². The first-order chi connectivity index (χ1) is 4.66. The van der Waals surface area contributed by atoms with Gasteiger partial charge in [-0.2, -0.15) is 0 Å². The number of carbonyl (C=O) groups excluding carboxylic acids is 2. The van der Waals surface area contributed by atoms with E-state index in [0.29, 0.717) is 4.91 Å². The normalized spacial score (nSPS) is 18.2. The topological polar surface area (TPSA) is 37.4 Å². The van der Waals surface area contributed by atoms with Crippen LogP contribution in [0.3, 0.4) is 0 Å². The van der Waals surface area contributed by atoms with Gasteiger partial charge in [-0.15, -0.1) is 11.7 Å². The van der Waals surface area contributed by atoms with Crippen molar-refractivity contribution in [1.29, 1.82) is 0 Å². The molecule has 1 heterocycles. The van der Waals surface area contributed by atoms with Crippen molar-refractivity contribution in [3.63, 3.8) is 0 Å². The Balaban J connectivity index is 2.88. The molecule has 0 fully saturated rings. The van der Waals surface area contributed by atoms with Crippen molar-refractivity contribution in [3.8, 4) is 0 Å². The number of carbonyl (C=O) groups is 2. The Morgan fingerprint density at radius 2 is 2.20 bits per heavy atom. The average molecular weight is 175 g/mol. The summed E-state index contributed by atoms with van der Waals surface area (Å²) in [6.45, 7) is 0. The number of amides is 1. The van der Waals surface area contributed by atoms with Crippen molar-refractivity contribution in [2.45, 2.75) is 0 Å². The summed E-state index contributed by atoms with van der Waals surface area (Å²) in [4.78, 5) is 23.2. The van der Waals surface area contributed by atoms with E-state index in [1.807, 2.05) is 0 Å². The maximum absolute atomic E-state index is 10.8. The lowest BCUT2D eigenvalue weighted by Gasteiger charge is -1.98. The van der Waals surface area contributed by atoms with Crippen LogP contribution < -0.4 is 0 Å². The SMILES string of the molecule is CN1C=C(SS)C(=O)C1=O. The molecule has 0 spiro atoms. The molecule has 1 aliphatic heterocycles. The Morgan fingerprint density at radius 1 is 1.60 bits per heavy atom. The summed E-state index contributed by atoms with van der Waals surface area (Å²) < 4.78 is 0. The van der Waals surface area contributed by atoms with Gasteiger partial charge in [-0.05, 0) is 0 Å². The molecular formula is C5H5NO2S2. The smallest absolute Gasteiger partial charge is 0.299 e. The fraction of sp³-hybridized carbons (Fsp3) is 0.200. The molecule has 0 unspecified atom stereocenters. The van der Waals surface area contributed by atoms with Crippen LogP contribution in [0.4, 0.5) is 0 Å². The summed E-state index contributed by atoms with van der Waals surface area (Å²) in [5, 5.41) is 0. The second kappa shape index (κ2) is 2.67. The van der Waals surface area contributed by atoms with Crippen LogP contribution in [-0.4, -0.2) is 23.6 Å². The van der Waals surface area contributed by atoms with E-state index in [1.165, 1.54) is 18.1 Å². The van der Waals surface area contributed by atoms with Crippen molar-refractivity contribution < 1.29 is 9.59 Å². The van der Waals surface area contributed by atoms with E-state index in [-0.39, 0.29) is 0 Å². The number of nitrogens with zero attached hydrogens (tertiary/aromatic N) is 1. The van der Waals surface area contributed by atoms with Gasteiger partial charge >= 0.3 is 0 Å². The Kier molecular flexibility index (Phi) is 2.05. The van der Waals surface area contributed by atoms with Crippen LogP contribution >= 0.6 is 22.5 Å². The van der Waals surface area contributed by atoms with Gasteiger partial charge in [0, 0.05) is 13.2 Å². The summed E-state index contributed by atoms with van der Waals surface area (Å²) in [5.74, 6) is -0.959. The summed E-state index contributed by atoms with van der Waals surface area (Å²) in [6, 6.07) is 0. The minimum absolute atomic E-state index is 0.385. The van der Waals surface area contributed by atoms with E-state index < -0.39 is 11.7 Å². The van der Waals surface area contributed by atoms with Crippen LogP contribution in [0.2, 0.25) is 0 Å². The summed E-state index contributed by atoms with van der Waals surface area (Å²) in [5.41, 5.74) is 0. The van der Waals surface area contributed by atoms with Crippen molar-refractivity contribution in [2.75, 3.05) is 7.05 Å². The molecule has 1 amide bonds. The van der Waals surface area contributed by atoms with Gasteiger partial charge < -0.3 is 4.90 Å². The number of likely N-dealkylation sites (N-methyl/N-ethyl adjacent to an activating group) is 1. The molecule has 54 valence electrons. The standard InChI is InChI=1S/C5H5NO2S2/c1-6-2-3(10-9)4(7)5(6)8/h2,9H,1H3. The third-order valence-electron chi connectivity index (χ3n) is 1.15. The molecule has 5 heteroatoms. The van der Waals surface area contributed by atoms with Crippen molar-refractivity contribution in [2.24, 2.45) is 0 Å². The van der Waals surface area contributed by atoms with Crippen LogP contribution in [0.5, 0.6) is 0 Å². The molecule has 3 nitrogen and oxygen atoms in total. The van der Waals surface area contributed by atoms with Crippen LogP contribution in [0.25, 0.3) is 0 Å². The van der Waals surface area contributed by atoms with Crippen molar-refractivity contribution in [1.82, 2.24) is 4.90 Å². The first-order valence-corrected chi connectivity index (χ1v) is 4.38. The van der Waals surface area contributed by atoms with Gasteiger partial charge in [0.15, 0.2) is 0 Å². The highest BCUT2D eigenvalue weighted by molar-refractivity contribution is 8.70. The molecule has 0 saturated carbocycles. The molecule has 0 atom stereocenters. The second-order valence-corrected chi connectivity index (χ2v) is 3.00. The van der Waals surface area contributed by atoms with E-state index >= 15 is 0 Å². The summed E-state index contributed by atoms with van der Waals surface area (Å²) in [6.07, 6.45) is 1.47. The highest BCUT2D eigenvalue weighted by Gasteiger charge is 2.28. The zero-order valence-electron chi connectivity index (χ0n) is 5.20. The van der Waals surface area contributed by atoms with E-state index in [0.717, 1.165) is 10.8 Å². The summed E-state index contributed by atoms with van der Waals surface area (Å²) in [7, 11) is 2.53. The lowest BCUT2D eigenvalue weighted by atomic mass is 10.4. The van der Waals surface area contributed by atoms with Gasteiger partial charge in [-0.1, -0.05) is 10.8 Å². The maximum Gasteiger partial charge on any atom is 0.299 e. The van der Waals surface area contributed by atoms with E-state index in [4.69, 9.17) is 0 Å². The molecule has 10 heavy (non-hydrogen) atoms. The number of thiol groups is 1. The van der Waals surface area contributed by atoms with Gasteiger partial charge in [-0.3, -0.25) is 9.59 Å². The lowest BCUT2D eigenvalue weighted by Crippen LogP contribution is -2.21. The number of Topliss-reactive ketones (excluding diaryl/α,β-unsaturated/α-hetero) is 1. The van der Waals surface area contributed by atoms with Gasteiger partial charge in [0.05, 0.1) is 4.91 Å². The molecule has 0 aromatic heterocycles. The Morgan fingerprint density at radius 3 is 2.40 bits per heavy atom. The number of hydrogen-bond acceptors (Lipinski definition) is 4. The van der Waals surface area contributed by atoms with E-state index in [1.54, 1.807) is 0 Å². The van der Waals surface area contributed by atoms with Crippen molar-refractivity contribution >= 4 is 34.1 Å². The Hall–Kier alpha value is -0.420. The first kappa shape index (κ1) is 7.68. The molecule has 1 aliphatic rings. The number of ketones is 1. The summed E-state index contributed by atoms with van der Waals surface area (Å²) >= 11 is 3.80. The molecule has 0 bridgehead atoms. The predicted molar refractivity (Wildman–Crippen MR) is 42.4 cm³/mol. The zero-order valence-corrected chi connectivity index (χ0v) is 6.91. The monoisotopic (exact) mass is 175 g/mol. The average Bonchev–Trinajstić information content (AvgIpc) is 2.17. The predicted octanol–water partition coefficient (Wildman–Crippen LogP) is 0.447. The Labute approximate surface area is 67.3 Å². The van der Waals surface area contributed by atoms with Crippen LogP contribution in [0, 0.1) is 0 Å². The molecule has 0 aromatic rings. The quantitative estimate of drug-likeness (QED) is 0.357. The van der Waals surface area contributed by atoms with E-state index in [9.17, 15) is 9.59 Å². The molecule has 0 radical (unpaired) electrons. The Bertz CT molecular complexity index is 224. The van der Waals surface area contributed by atoms with Gasteiger partial charge in [0.1, 0.15) is 0 Å². The fourth-order valence-corrected chi connectivity index (χ4v) is 1.39. The number of rotatable bonds is 1. The molecule has 0 aromatic carbocycles. The molecule has 0 N–H and O–H groups in total. The highest BCUT2D eigenvalue weighted by atomic mass is 33.1. The minimum atomic E-state index is -0.489. The minimum Gasteiger partial charge on any atom is -0.314 e. The second-order valence-electron chi connectivity index (χ2n) is 1.83. The van der Waals surface area contributed by atoms with Crippen LogP contribution in [-0.2, 0) is 9.59 Å². The highest BCUT2D eigenvalue weighted by Crippen LogP contribution is 2.25. The third kappa shape index (κ3) is 1.06. The van der Waals surface area contributed by atoms with Gasteiger partial charge in [-0.25, -0.2) is 0 Å². The maximum atomic E-state index is 10.8. The largest absolute Gasteiger partial charge is 0.314 e. The zero-order chi connectivity index (χ0) is 7.72. The molecule has 0 saturated heterocycles. The fourth-order valence-electron chi connectivity index (χ4n) is 0.624. The first-order valence-electron chi connectivity index (χ1n) is 2.51. The molecular weight excluding hydrogens is 170 g/mol. The van der Waals surface area contributed by atoms with Crippen LogP contribution in [0.15, 0.2) is 11.1 Å². The van der Waals surface area contributed by atoms with E-state index in [2.05, 4.69) is 11.7 Å². The lowest BCUT2D eigenvalue weighted by molar-refractivity contribution is -0.138. The van der Waals surface area contributed by atoms with Gasteiger partial charge in [0.2, 0.25) is 0 Å². The third-order valence-corrected chi connectivity index (χ3v) is 2.23. The molecule has 0 aliphatic carbocycles. The van der Waals surface area contributed by atoms with Crippen molar-refractivity contribution in [3.05, 3.63) is 11.1 Å². The van der Waals surface area contributed by atoms with Gasteiger partial charge in [0.25, 0.3) is 11.7 Å². The number of hydrogen-bond donors (Lipinski definition) is 1. The molecule has 1 rings (SSSR count).